The van der Waals surface area contributed by atoms with E-state index in [1.165, 1.54) is 34.9 Å². The standard InChI is InChI=1S/C14H13NO3S3/c16-14(2-1-12-4-7-19-9-12)11-21(17,18)15-6-3-13-5-8-20-10-13/h1-10,15H,11H2/b2-1?,6-3-. The fraction of sp³-hybridized carbons (Fsp3) is 0.0714. The lowest BCUT2D eigenvalue weighted by Gasteiger charge is -2.00. The number of ketones is 1. The second-order valence-corrected chi connectivity index (χ2v) is 7.44. The zero-order chi connectivity index (χ0) is 15.1. The van der Waals surface area contributed by atoms with E-state index in [-0.39, 0.29) is 0 Å². The third-order valence-electron chi connectivity index (χ3n) is 2.40. The molecule has 7 heteroatoms. The van der Waals surface area contributed by atoms with Crippen LogP contribution in [-0.4, -0.2) is 20.0 Å². The Balaban J connectivity index is 1.87. The van der Waals surface area contributed by atoms with Crippen LogP contribution in [0.4, 0.5) is 0 Å². The van der Waals surface area contributed by atoms with E-state index in [4.69, 9.17) is 0 Å². The minimum atomic E-state index is -3.66. The number of nitrogens with one attached hydrogen (secondary N) is 1. The second kappa shape index (κ2) is 7.35. The minimum absolute atomic E-state index is 0.461. The van der Waals surface area contributed by atoms with Crippen molar-refractivity contribution < 1.29 is 13.2 Å². The maximum Gasteiger partial charge on any atom is 0.239 e. The first kappa shape index (κ1) is 15.7. The van der Waals surface area contributed by atoms with Gasteiger partial charge < -0.3 is 0 Å². The van der Waals surface area contributed by atoms with Crippen LogP contribution in [-0.2, 0) is 14.8 Å². The van der Waals surface area contributed by atoms with E-state index < -0.39 is 21.6 Å². The first-order chi connectivity index (χ1) is 10.1. The Morgan fingerprint density at radius 1 is 1.10 bits per heavy atom. The predicted molar refractivity (Wildman–Crippen MR) is 88.6 cm³/mol. The van der Waals surface area contributed by atoms with Crippen LogP contribution in [0.25, 0.3) is 12.2 Å². The van der Waals surface area contributed by atoms with Gasteiger partial charge in [-0.15, -0.1) is 0 Å². The molecule has 110 valence electrons. The van der Waals surface area contributed by atoms with Crippen molar-refractivity contribution in [1.82, 2.24) is 4.72 Å². The van der Waals surface area contributed by atoms with Crippen molar-refractivity contribution in [1.29, 1.82) is 0 Å². The summed E-state index contributed by atoms with van der Waals surface area (Å²) < 4.78 is 25.7. The van der Waals surface area contributed by atoms with Crippen LogP contribution in [0.5, 0.6) is 0 Å². The lowest BCUT2D eigenvalue weighted by Crippen LogP contribution is -2.25. The van der Waals surface area contributed by atoms with Crippen LogP contribution in [0.3, 0.4) is 0 Å². The second-order valence-electron chi connectivity index (χ2n) is 4.12. The summed E-state index contributed by atoms with van der Waals surface area (Å²) in [5, 5.41) is 7.55. The number of sulfonamides is 1. The van der Waals surface area contributed by atoms with Gasteiger partial charge >= 0.3 is 0 Å². The lowest BCUT2D eigenvalue weighted by molar-refractivity contribution is -0.112. The number of carbonyl (C=O) groups excluding carboxylic acids is 1. The Labute approximate surface area is 131 Å². The molecular formula is C14H13NO3S3. The fourth-order valence-electron chi connectivity index (χ4n) is 1.44. The summed E-state index contributed by atoms with van der Waals surface area (Å²) in [5.41, 5.74) is 1.79. The van der Waals surface area contributed by atoms with Gasteiger partial charge in [-0.05, 0) is 56.9 Å². The molecule has 2 aromatic heterocycles. The number of hydrogen-bond acceptors (Lipinski definition) is 5. The maximum absolute atomic E-state index is 11.7. The SMILES string of the molecule is O=C(C=Cc1ccsc1)CS(=O)(=O)N/C=C\c1ccsc1. The third kappa shape index (κ3) is 5.66. The Bertz CT molecular complexity index is 727. The molecule has 0 saturated carbocycles. The first-order valence-corrected chi connectivity index (χ1v) is 9.51. The summed E-state index contributed by atoms with van der Waals surface area (Å²) in [7, 11) is -3.66. The van der Waals surface area contributed by atoms with Crippen molar-refractivity contribution in [2.24, 2.45) is 0 Å². The van der Waals surface area contributed by atoms with Gasteiger partial charge in [0.25, 0.3) is 0 Å². The molecule has 1 N–H and O–H groups in total. The van der Waals surface area contributed by atoms with Crippen LogP contribution in [0, 0.1) is 0 Å². The quantitative estimate of drug-likeness (QED) is 0.789. The van der Waals surface area contributed by atoms with Gasteiger partial charge in [0.1, 0.15) is 5.75 Å². The number of allylic oxidation sites excluding steroid dienone is 1. The van der Waals surface area contributed by atoms with E-state index in [1.807, 2.05) is 33.7 Å². The molecule has 0 aromatic carbocycles. The molecule has 0 spiro atoms. The molecule has 2 aromatic rings. The first-order valence-electron chi connectivity index (χ1n) is 5.97. The number of hydrogen-bond donors (Lipinski definition) is 1. The summed E-state index contributed by atoms with van der Waals surface area (Å²) in [6.45, 7) is 0. The van der Waals surface area contributed by atoms with Crippen molar-refractivity contribution in [2.75, 3.05) is 5.75 Å². The van der Waals surface area contributed by atoms with Crippen LogP contribution in [0.1, 0.15) is 11.1 Å². The molecule has 0 radical (unpaired) electrons. The molecule has 4 nitrogen and oxygen atoms in total. The Morgan fingerprint density at radius 2 is 1.71 bits per heavy atom. The molecule has 2 rings (SSSR count). The fourth-order valence-corrected chi connectivity index (χ4v) is 3.53. The van der Waals surface area contributed by atoms with Crippen molar-refractivity contribution in [3.8, 4) is 0 Å². The van der Waals surface area contributed by atoms with E-state index in [0.29, 0.717) is 0 Å². The Kier molecular flexibility index (Phi) is 5.49. The van der Waals surface area contributed by atoms with Gasteiger partial charge in [-0.25, -0.2) is 8.42 Å². The van der Waals surface area contributed by atoms with Gasteiger partial charge in [-0.1, -0.05) is 6.08 Å². The maximum atomic E-state index is 11.7. The van der Waals surface area contributed by atoms with Gasteiger partial charge in [-0.2, -0.15) is 22.7 Å². The van der Waals surface area contributed by atoms with Crippen molar-refractivity contribution in [2.45, 2.75) is 0 Å². The van der Waals surface area contributed by atoms with Crippen molar-refractivity contribution >= 4 is 50.6 Å². The number of carbonyl (C=O) groups is 1. The van der Waals surface area contributed by atoms with Crippen molar-refractivity contribution in [3.05, 3.63) is 57.1 Å². The third-order valence-corrected chi connectivity index (χ3v) is 4.97. The Morgan fingerprint density at radius 3 is 2.29 bits per heavy atom. The normalized spacial score (nSPS) is 12.2. The molecule has 2 heterocycles. The zero-order valence-electron chi connectivity index (χ0n) is 10.9. The highest BCUT2D eigenvalue weighted by Gasteiger charge is 2.12. The molecule has 0 bridgehead atoms. The minimum Gasteiger partial charge on any atom is -0.294 e. The Hall–Kier alpha value is -1.70. The summed E-state index contributed by atoms with van der Waals surface area (Å²) in [6, 6.07) is 3.72. The number of thiophene rings is 2. The van der Waals surface area contributed by atoms with Gasteiger partial charge in [-0.3, -0.25) is 9.52 Å². The highest BCUT2D eigenvalue weighted by molar-refractivity contribution is 7.90. The van der Waals surface area contributed by atoms with Gasteiger partial charge in [0.2, 0.25) is 10.0 Å². The smallest absolute Gasteiger partial charge is 0.239 e. The van der Waals surface area contributed by atoms with E-state index in [2.05, 4.69) is 4.72 Å². The molecule has 21 heavy (non-hydrogen) atoms. The molecule has 0 aliphatic heterocycles. The molecule has 0 aliphatic rings. The van der Waals surface area contributed by atoms with E-state index in [0.717, 1.165) is 11.1 Å². The molecule has 0 atom stereocenters. The highest BCUT2D eigenvalue weighted by Crippen LogP contribution is 2.08. The predicted octanol–water partition coefficient (Wildman–Crippen LogP) is 2.98. The molecule has 0 fully saturated rings. The monoisotopic (exact) mass is 339 g/mol. The van der Waals surface area contributed by atoms with Gasteiger partial charge in [0.05, 0.1) is 0 Å². The van der Waals surface area contributed by atoms with Gasteiger partial charge in [0, 0.05) is 6.20 Å². The van der Waals surface area contributed by atoms with Crippen LogP contribution < -0.4 is 4.72 Å². The summed E-state index contributed by atoms with van der Waals surface area (Å²) in [5.74, 6) is -1.03. The molecule has 0 unspecified atom stereocenters. The van der Waals surface area contributed by atoms with Crippen LogP contribution in [0.2, 0.25) is 0 Å². The lowest BCUT2D eigenvalue weighted by atomic mass is 10.3. The highest BCUT2D eigenvalue weighted by atomic mass is 32.2. The molecule has 0 amide bonds. The zero-order valence-corrected chi connectivity index (χ0v) is 13.4. The summed E-state index contributed by atoms with van der Waals surface area (Å²) in [6.07, 6.45) is 5.85. The van der Waals surface area contributed by atoms with Crippen LogP contribution in [0.15, 0.2) is 45.9 Å². The average molecular weight is 339 g/mol. The number of rotatable bonds is 7. The average Bonchev–Trinajstić information content (AvgIpc) is 3.08. The van der Waals surface area contributed by atoms with E-state index in [9.17, 15) is 13.2 Å². The summed E-state index contributed by atoms with van der Waals surface area (Å²) >= 11 is 3.04. The van der Waals surface area contributed by atoms with E-state index in [1.54, 1.807) is 12.2 Å². The summed E-state index contributed by atoms with van der Waals surface area (Å²) in [4.78, 5) is 11.6. The van der Waals surface area contributed by atoms with Crippen molar-refractivity contribution in [3.63, 3.8) is 0 Å². The van der Waals surface area contributed by atoms with Gasteiger partial charge in [0.15, 0.2) is 5.78 Å². The molecule has 0 saturated heterocycles. The molecule has 0 aliphatic carbocycles. The van der Waals surface area contributed by atoms with Crippen LogP contribution >= 0.6 is 22.7 Å². The van der Waals surface area contributed by atoms with E-state index >= 15 is 0 Å². The topological polar surface area (TPSA) is 63.2 Å². The molecular weight excluding hydrogens is 326 g/mol. The largest absolute Gasteiger partial charge is 0.294 e.